The lowest BCUT2D eigenvalue weighted by molar-refractivity contribution is 0.00598. The molecule has 1 aliphatic heterocycles. The maximum absolute atomic E-state index is 5.80. The summed E-state index contributed by atoms with van der Waals surface area (Å²) in [6.07, 6.45) is 5.05. The number of nitrogens with one attached hydrogen (secondary N) is 1. The minimum absolute atomic E-state index is 0.438. The first-order valence-corrected chi connectivity index (χ1v) is 7.34. The van der Waals surface area contributed by atoms with Crippen LogP contribution in [0.25, 0.3) is 0 Å². The first kappa shape index (κ1) is 14.2. The summed E-state index contributed by atoms with van der Waals surface area (Å²) in [5.41, 5.74) is 2.45. The van der Waals surface area contributed by atoms with Gasteiger partial charge in [0.1, 0.15) is 0 Å². The Morgan fingerprint density at radius 2 is 2.21 bits per heavy atom. The summed E-state index contributed by atoms with van der Waals surface area (Å²) in [7, 11) is 4.15. The second-order valence-corrected chi connectivity index (χ2v) is 5.59. The van der Waals surface area contributed by atoms with Crippen molar-refractivity contribution in [3.05, 3.63) is 24.3 Å². The van der Waals surface area contributed by atoms with Crippen molar-refractivity contribution in [1.82, 2.24) is 0 Å². The van der Waals surface area contributed by atoms with Crippen LogP contribution < -0.4 is 10.2 Å². The molecule has 2 atom stereocenters. The largest absolute Gasteiger partial charge is 0.382 e. The van der Waals surface area contributed by atoms with Gasteiger partial charge in [0, 0.05) is 38.1 Å². The zero-order valence-corrected chi connectivity index (χ0v) is 12.4. The summed E-state index contributed by atoms with van der Waals surface area (Å²) in [5, 5.41) is 3.66. The van der Waals surface area contributed by atoms with E-state index in [1.54, 1.807) is 0 Å². The smallest absolute Gasteiger partial charge is 0.0594 e. The highest BCUT2D eigenvalue weighted by Gasteiger charge is 2.21. The van der Waals surface area contributed by atoms with Crippen molar-refractivity contribution in [1.29, 1.82) is 0 Å². The Labute approximate surface area is 116 Å². The highest BCUT2D eigenvalue weighted by atomic mass is 16.5. The molecule has 19 heavy (non-hydrogen) atoms. The monoisotopic (exact) mass is 262 g/mol. The molecule has 1 aromatic carbocycles. The molecule has 0 bridgehead atoms. The fraction of sp³-hybridized carbons (Fsp3) is 0.625. The minimum atomic E-state index is 0.438. The van der Waals surface area contributed by atoms with Gasteiger partial charge in [0.2, 0.25) is 0 Å². The zero-order valence-electron chi connectivity index (χ0n) is 12.4. The van der Waals surface area contributed by atoms with Crippen molar-refractivity contribution in [2.45, 2.75) is 44.8 Å². The molecule has 1 N–H and O–H groups in total. The van der Waals surface area contributed by atoms with Crippen LogP contribution in [0.4, 0.5) is 11.4 Å². The van der Waals surface area contributed by atoms with Gasteiger partial charge in [-0.1, -0.05) is 19.4 Å². The predicted octanol–water partition coefficient (Wildman–Crippen LogP) is 3.51. The average Bonchev–Trinajstić information content (AvgIpc) is 2.40. The third-order valence-corrected chi connectivity index (χ3v) is 3.71. The standard InChI is InChI=1S/C16H26N2O/c1-4-6-16-12-14(9-10-19-16)17-13-7-5-8-15(11-13)18(2)3/h5,7-8,11,14,16-17H,4,6,9-10,12H2,1-3H3. The number of rotatable bonds is 5. The van der Waals surface area contributed by atoms with Gasteiger partial charge < -0.3 is 15.0 Å². The summed E-state index contributed by atoms with van der Waals surface area (Å²) >= 11 is 0. The van der Waals surface area contributed by atoms with E-state index in [0.717, 1.165) is 19.4 Å². The van der Waals surface area contributed by atoms with Crippen molar-refractivity contribution in [2.24, 2.45) is 0 Å². The highest BCUT2D eigenvalue weighted by molar-refractivity contribution is 5.57. The fourth-order valence-electron chi connectivity index (χ4n) is 2.64. The summed E-state index contributed by atoms with van der Waals surface area (Å²) < 4.78 is 5.80. The van der Waals surface area contributed by atoms with E-state index in [1.165, 1.54) is 24.2 Å². The van der Waals surface area contributed by atoms with Crippen LogP contribution in [0.15, 0.2) is 24.3 Å². The van der Waals surface area contributed by atoms with E-state index >= 15 is 0 Å². The van der Waals surface area contributed by atoms with Crippen LogP contribution >= 0.6 is 0 Å². The second kappa shape index (κ2) is 6.80. The molecular formula is C16H26N2O. The minimum Gasteiger partial charge on any atom is -0.382 e. The van der Waals surface area contributed by atoms with E-state index in [0.29, 0.717) is 12.1 Å². The van der Waals surface area contributed by atoms with Gasteiger partial charge >= 0.3 is 0 Å². The average molecular weight is 262 g/mol. The molecular weight excluding hydrogens is 236 g/mol. The van der Waals surface area contributed by atoms with Gasteiger partial charge in [0.05, 0.1) is 6.10 Å². The Morgan fingerprint density at radius 1 is 1.37 bits per heavy atom. The van der Waals surface area contributed by atoms with E-state index in [2.05, 4.69) is 55.5 Å². The molecule has 1 aliphatic rings. The normalized spacial score (nSPS) is 23.1. The first-order chi connectivity index (χ1) is 9.19. The Morgan fingerprint density at radius 3 is 2.95 bits per heavy atom. The van der Waals surface area contributed by atoms with E-state index in [-0.39, 0.29) is 0 Å². The van der Waals surface area contributed by atoms with E-state index in [1.807, 2.05) is 0 Å². The van der Waals surface area contributed by atoms with Gasteiger partial charge in [0.15, 0.2) is 0 Å². The molecule has 3 nitrogen and oxygen atoms in total. The molecule has 1 fully saturated rings. The molecule has 0 spiro atoms. The molecule has 1 saturated heterocycles. The van der Waals surface area contributed by atoms with Crippen LogP contribution in [-0.4, -0.2) is 32.8 Å². The van der Waals surface area contributed by atoms with Gasteiger partial charge in [-0.05, 0) is 37.5 Å². The maximum atomic E-state index is 5.80. The number of benzene rings is 1. The Hall–Kier alpha value is -1.22. The molecule has 0 aliphatic carbocycles. The van der Waals surface area contributed by atoms with Gasteiger partial charge in [0.25, 0.3) is 0 Å². The molecule has 2 rings (SSSR count). The van der Waals surface area contributed by atoms with E-state index in [4.69, 9.17) is 4.74 Å². The van der Waals surface area contributed by atoms with Gasteiger partial charge in [-0.15, -0.1) is 0 Å². The molecule has 2 unspecified atom stereocenters. The lowest BCUT2D eigenvalue weighted by Crippen LogP contribution is -2.34. The Balaban J connectivity index is 1.94. The van der Waals surface area contributed by atoms with Crippen LogP contribution in [0.1, 0.15) is 32.6 Å². The molecule has 0 amide bonds. The number of hydrogen-bond donors (Lipinski definition) is 1. The topological polar surface area (TPSA) is 24.5 Å². The SMILES string of the molecule is CCCC1CC(Nc2cccc(N(C)C)c2)CCO1. The van der Waals surface area contributed by atoms with E-state index in [9.17, 15) is 0 Å². The highest BCUT2D eigenvalue weighted by Crippen LogP contribution is 2.23. The third kappa shape index (κ3) is 4.13. The van der Waals surface area contributed by atoms with Crippen LogP contribution in [0.5, 0.6) is 0 Å². The van der Waals surface area contributed by atoms with Crippen molar-refractivity contribution < 1.29 is 4.74 Å². The molecule has 0 saturated carbocycles. The molecule has 0 radical (unpaired) electrons. The Bertz CT molecular complexity index is 390. The van der Waals surface area contributed by atoms with Crippen LogP contribution in [0, 0.1) is 0 Å². The zero-order chi connectivity index (χ0) is 13.7. The second-order valence-electron chi connectivity index (χ2n) is 5.59. The van der Waals surface area contributed by atoms with Crippen molar-refractivity contribution in [3.8, 4) is 0 Å². The van der Waals surface area contributed by atoms with Crippen LogP contribution in [0.2, 0.25) is 0 Å². The lowest BCUT2D eigenvalue weighted by Gasteiger charge is -2.31. The number of hydrogen-bond acceptors (Lipinski definition) is 3. The van der Waals surface area contributed by atoms with Crippen LogP contribution in [-0.2, 0) is 4.74 Å². The summed E-state index contributed by atoms with van der Waals surface area (Å²) in [6, 6.07) is 9.15. The maximum Gasteiger partial charge on any atom is 0.0594 e. The molecule has 106 valence electrons. The molecule has 3 heteroatoms. The van der Waals surface area contributed by atoms with Crippen molar-refractivity contribution >= 4 is 11.4 Å². The Kier molecular flexibility index (Phi) is 5.08. The summed E-state index contributed by atoms with van der Waals surface area (Å²) in [5.74, 6) is 0. The fourth-order valence-corrected chi connectivity index (χ4v) is 2.64. The van der Waals surface area contributed by atoms with Gasteiger partial charge in [-0.25, -0.2) is 0 Å². The lowest BCUT2D eigenvalue weighted by atomic mass is 10.00. The summed E-state index contributed by atoms with van der Waals surface area (Å²) in [6.45, 7) is 3.11. The number of anilines is 2. The number of nitrogens with zero attached hydrogens (tertiary/aromatic N) is 1. The molecule has 1 aromatic rings. The van der Waals surface area contributed by atoms with E-state index < -0.39 is 0 Å². The van der Waals surface area contributed by atoms with Crippen molar-refractivity contribution in [3.63, 3.8) is 0 Å². The van der Waals surface area contributed by atoms with Crippen molar-refractivity contribution in [2.75, 3.05) is 30.9 Å². The summed E-state index contributed by atoms with van der Waals surface area (Å²) in [4.78, 5) is 2.13. The molecule has 1 heterocycles. The predicted molar refractivity (Wildman–Crippen MR) is 82.1 cm³/mol. The van der Waals surface area contributed by atoms with Gasteiger partial charge in [-0.3, -0.25) is 0 Å². The first-order valence-electron chi connectivity index (χ1n) is 7.34. The molecule has 0 aromatic heterocycles. The third-order valence-electron chi connectivity index (χ3n) is 3.71. The van der Waals surface area contributed by atoms with Gasteiger partial charge in [-0.2, -0.15) is 0 Å². The quantitative estimate of drug-likeness (QED) is 0.879. The number of ether oxygens (including phenoxy) is 1. The van der Waals surface area contributed by atoms with Crippen LogP contribution in [0.3, 0.4) is 0 Å².